The number of halogens is 3. The molecule has 1 atom stereocenters. The van der Waals surface area contributed by atoms with Crippen molar-refractivity contribution in [2.75, 3.05) is 13.1 Å². The smallest absolute Gasteiger partial charge is 0.397 e. The van der Waals surface area contributed by atoms with Crippen LogP contribution in [0.1, 0.15) is 27.7 Å². The van der Waals surface area contributed by atoms with Crippen molar-refractivity contribution in [2.45, 2.75) is 31.4 Å². The lowest BCUT2D eigenvalue weighted by atomic mass is 10.0. The third-order valence-corrected chi connectivity index (χ3v) is 4.48. The van der Waals surface area contributed by atoms with Gasteiger partial charge in [-0.1, -0.05) is 0 Å². The van der Waals surface area contributed by atoms with E-state index in [9.17, 15) is 18.0 Å². The molecule has 2 heterocycles. The molecule has 7 heteroatoms. The van der Waals surface area contributed by atoms with Gasteiger partial charge in [0.15, 0.2) is 0 Å². The van der Waals surface area contributed by atoms with E-state index in [1.807, 2.05) is 0 Å². The summed E-state index contributed by atoms with van der Waals surface area (Å²) < 4.78 is 38.8. The van der Waals surface area contributed by atoms with Crippen LogP contribution in [0.15, 0.2) is 6.07 Å². The normalized spacial score (nSPS) is 17.6. The molecule has 0 spiro atoms. The molecule has 0 saturated heterocycles. The maximum Gasteiger partial charge on any atom is 0.397 e. The van der Waals surface area contributed by atoms with Gasteiger partial charge in [-0.05, 0) is 37.6 Å². The van der Waals surface area contributed by atoms with Crippen LogP contribution in [0.2, 0.25) is 0 Å². The first-order chi connectivity index (χ1) is 8.88. The SMILES string of the molecule is O=C(O)C[C@H](c1cc2c(s1)CCNCC2)C(F)(F)F. The fourth-order valence-electron chi connectivity index (χ4n) is 2.19. The molecule has 0 bridgehead atoms. The summed E-state index contributed by atoms with van der Waals surface area (Å²) in [4.78, 5) is 11.7. The van der Waals surface area contributed by atoms with Gasteiger partial charge in [-0.3, -0.25) is 4.79 Å². The highest BCUT2D eigenvalue weighted by molar-refractivity contribution is 7.12. The van der Waals surface area contributed by atoms with Crippen LogP contribution < -0.4 is 5.32 Å². The Labute approximate surface area is 112 Å². The molecular formula is C12H14F3NO2S. The highest BCUT2D eigenvalue weighted by Gasteiger charge is 2.43. The molecular weight excluding hydrogens is 279 g/mol. The summed E-state index contributed by atoms with van der Waals surface area (Å²) in [6, 6.07) is 1.54. The van der Waals surface area contributed by atoms with Gasteiger partial charge in [0.1, 0.15) is 0 Å². The minimum atomic E-state index is -4.51. The maximum atomic E-state index is 12.9. The van der Waals surface area contributed by atoms with Crippen molar-refractivity contribution in [2.24, 2.45) is 0 Å². The van der Waals surface area contributed by atoms with Crippen molar-refractivity contribution in [3.05, 3.63) is 21.4 Å². The summed E-state index contributed by atoms with van der Waals surface area (Å²) in [5, 5.41) is 11.8. The molecule has 1 aliphatic heterocycles. The van der Waals surface area contributed by atoms with E-state index in [1.54, 1.807) is 0 Å². The van der Waals surface area contributed by atoms with Crippen LogP contribution >= 0.6 is 11.3 Å². The van der Waals surface area contributed by atoms with Crippen LogP contribution in [0.5, 0.6) is 0 Å². The van der Waals surface area contributed by atoms with E-state index in [2.05, 4.69) is 5.32 Å². The topological polar surface area (TPSA) is 49.3 Å². The lowest BCUT2D eigenvalue weighted by Gasteiger charge is -2.16. The number of carboxylic acid groups (broad SMARTS) is 1. The van der Waals surface area contributed by atoms with Gasteiger partial charge in [-0.25, -0.2) is 0 Å². The second kappa shape index (κ2) is 5.50. The number of rotatable bonds is 3. The minimum Gasteiger partial charge on any atom is -0.481 e. The molecule has 2 N–H and O–H groups in total. The van der Waals surface area contributed by atoms with E-state index in [1.165, 1.54) is 6.07 Å². The Bertz CT molecular complexity index is 447. The van der Waals surface area contributed by atoms with Crippen molar-refractivity contribution >= 4 is 17.3 Å². The van der Waals surface area contributed by atoms with Crippen molar-refractivity contribution in [1.29, 1.82) is 0 Å². The quantitative estimate of drug-likeness (QED) is 0.900. The van der Waals surface area contributed by atoms with Crippen LogP contribution in [0.3, 0.4) is 0 Å². The Morgan fingerprint density at radius 3 is 2.74 bits per heavy atom. The predicted molar refractivity (Wildman–Crippen MR) is 65.6 cm³/mol. The maximum absolute atomic E-state index is 12.9. The van der Waals surface area contributed by atoms with E-state index in [-0.39, 0.29) is 4.88 Å². The molecule has 0 fully saturated rings. The Morgan fingerprint density at radius 1 is 1.42 bits per heavy atom. The van der Waals surface area contributed by atoms with E-state index in [0.717, 1.165) is 34.9 Å². The number of nitrogens with one attached hydrogen (secondary N) is 1. The van der Waals surface area contributed by atoms with Crippen LogP contribution in [0, 0.1) is 0 Å². The third kappa shape index (κ3) is 3.48. The van der Waals surface area contributed by atoms with Crippen LogP contribution in [-0.2, 0) is 17.6 Å². The molecule has 0 saturated carbocycles. The highest BCUT2D eigenvalue weighted by Crippen LogP contribution is 2.42. The van der Waals surface area contributed by atoms with Gasteiger partial charge in [0.25, 0.3) is 0 Å². The van der Waals surface area contributed by atoms with Crippen molar-refractivity contribution < 1.29 is 23.1 Å². The number of carboxylic acids is 1. The second-order valence-corrected chi connectivity index (χ2v) is 5.71. The number of aliphatic carboxylic acids is 1. The first-order valence-corrected chi connectivity index (χ1v) is 6.80. The van der Waals surface area contributed by atoms with Gasteiger partial charge in [0.2, 0.25) is 0 Å². The lowest BCUT2D eigenvalue weighted by molar-refractivity contribution is -0.162. The molecule has 1 aromatic rings. The van der Waals surface area contributed by atoms with Gasteiger partial charge in [0.05, 0.1) is 12.3 Å². The first kappa shape index (κ1) is 14.3. The average molecular weight is 293 g/mol. The van der Waals surface area contributed by atoms with E-state index in [0.29, 0.717) is 12.8 Å². The summed E-state index contributed by atoms with van der Waals surface area (Å²) >= 11 is 1.10. The largest absolute Gasteiger partial charge is 0.481 e. The molecule has 3 nitrogen and oxygen atoms in total. The molecule has 19 heavy (non-hydrogen) atoms. The Hall–Kier alpha value is -1.08. The van der Waals surface area contributed by atoms with Crippen molar-refractivity contribution in [1.82, 2.24) is 5.32 Å². The highest BCUT2D eigenvalue weighted by atomic mass is 32.1. The van der Waals surface area contributed by atoms with Gasteiger partial charge >= 0.3 is 12.1 Å². The molecule has 0 aromatic carbocycles. The first-order valence-electron chi connectivity index (χ1n) is 5.98. The second-order valence-electron chi connectivity index (χ2n) is 4.54. The number of hydrogen-bond acceptors (Lipinski definition) is 3. The zero-order valence-electron chi connectivity index (χ0n) is 10.1. The fraction of sp³-hybridized carbons (Fsp3) is 0.583. The van der Waals surface area contributed by atoms with Gasteiger partial charge in [-0.2, -0.15) is 13.2 Å². The molecule has 0 aliphatic carbocycles. The van der Waals surface area contributed by atoms with Gasteiger partial charge in [0, 0.05) is 9.75 Å². The molecule has 0 unspecified atom stereocenters. The summed E-state index contributed by atoms with van der Waals surface area (Å²) in [6.07, 6.45) is -4.01. The predicted octanol–water partition coefficient (Wildman–Crippen LogP) is 2.56. The Balaban J connectivity index is 2.29. The van der Waals surface area contributed by atoms with Crippen LogP contribution in [-0.4, -0.2) is 30.3 Å². The standard InChI is InChI=1S/C12H14F3NO2S/c13-12(14,15)8(6-11(17)18)10-5-7-1-3-16-4-2-9(7)19-10/h5,8,16H,1-4,6H2,(H,17,18)/t8-/m1/s1. The zero-order valence-corrected chi connectivity index (χ0v) is 10.9. The lowest BCUT2D eigenvalue weighted by Crippen LogP contribution is -2.23. The van der Waals surface area contributed by atoms with Crippen molar-refractivity contribution in [3.63, 3.8) is 0 Å². The number of alkyl halides is 3. The minimum absolute atomic E-state index is 0.127. The fourth-order valence-corrected chi connectivity index (χ4v) is 3.53. The van der Waals surface area contributed by atoms with Gasteiger partial charge < -0.3 is 10.4 Å². The monoisotopic (exact) mass is 293 g/mol. The zero-order chi connectivity index (χ0) is 14.0. The number of hydrogen-bond donors (Lipinski definition) is 2. The molecule has 1 aliphatic rings. The number of thiophene rings is 1. The van der Waals surface area contributed by atoms with E-state index < -0.39 is 24.5 Å². The van der Waals surface area contributed by atoms with Crippen LogP contribution in [0.4, 0.5) is 13.2 Å². The molecule has 0 amide bonds. The third-order valence-electron chi connectivity index (χ3n) is 3.13. The molecule has 1 aromatic heterocycles. The number of carbonyl (C=O) groups is 1. The molecule has 106 valence electrons. The molecule has 0 radical (unpaired) electrons. The van der Waals surface area contributed by atoms with E-state index >= 15 is 0 Å². The summed E-state index contributed by atoms with van der Waals surface area (Å²) in [7, 11) is 0. The van der Waals surface area contributed by atoms with Crippen LogP contribution in [0.25, 0.3) is 0 Å². The Morgan fingerprint density at radius 2 is 2.11 bits per heavy atom. The number of fused-ring (bicyclic) bond motifs is 1. The summed E-state index contributed by atoms with van der Waals surface area (Å²) in [5.41, 5.74) is 0.921. The Kier molecular flexibility index (Phi) is 4.15. The van der Waals surface area contributed by atoms with E-state index in [4.69, 9.17) is 5.11 Å². The summed E-state index contributed by atoms with van der Waals surface area (Å²) in [5.74, 6) is -3.32. The molecule has 2 rings (SSSR count). The van der Waals surface area contributed by atoms with Gasteiger partial charge in [-0.15, -0.1) is 11.3 Å². The summed E-state index contributed by atoms with van der Waals surface area (Å²) in [6.45, 7) is 1.50. The van der Waals surface area contributed by atoms with Crippen molar-refractivity contribution in [3.8, 4) is 0 Å². The average Bonchev–Trinajstić information content (AvgIpc) is 2.55.